The van der Waals surface area contributed by atoms with Crippen LogP contribution in [-0.4, -0.2) is 9.32 Å². The highest BCUT2D eigenvalue weighted by Gasteiger charge is 2.15. The molecule has 1 N–H and O–H groups in total. The summed E-state index contributed by atoms with van der Waals surface area (Å²) >= 11 is 1.49. The van der Waals surface area contributed by atoms with E-state index in [1.165, 1.54) is 11.3 Å². The summed E-state index contributed by atoms with van der Waals surface area (Å²) in [5, 5.41) is 11.9. The van der Waals surface area contributed by atoms with Crippen LogP contribution in [0.2, 0.25) is 0 Å². The molecular formula is C15H16O2S2. The Balaban J connectivity index is 2.04. The molecule has 0 spiro atoms. The van der Waals surface area contributed by atoms with Gasteiger partial charge in [-0.1, -0.05) is 30.3 Å². The molecule has 1 aromatic carbocycles. The zero-order valence-electron chi connectivity index (χ0n) is 10.7. The Morgan fingerprint density at radius 2 is 2.05 bits per heavy atom. The van der Waals surface area contributed by atoms with Crippen LogP contribution >= 0.6 is 11.3 Å². The van der Waals surface area contributed by atoms with E-state index < -0.39 is 16.9 Å². The molecule has 0 radical (unpaired) electrons. The third-order valence-corrected chi connectivity index (χ3v) is 5.15. The van der Waals surface area contributed by atoms with Crippen molar-refractivity contribution in [1.29, 1.82) is 0 Å². The molecule has 0 amide bonds. The minimum atomic E-state index is -1.27. The van der Waals surface area contributed by atoms with Gasteiger partial charge < -0.3 is 5.11 Å². The summed E-state index contributed by atoms with van der Waals surface area (Å²) in [7, 11) is -1.27. The molecule has 2 atom stereocenters. The third-order valence-electron chi connectivity index (χ3n) is 2.79. The molecule has 2 aromatic rings. The van der Waals surface area contributed by atoms with Crippen LogP contribution < -0.4 is 0 Å². The average molecular weight is 292 g/mol. The second kappa shape index (κ2) is 6.28. The number of aliphatic hydroxyl groups is 1. The zero-order chi connectivity index (χ0) is 13.8. The van der Waals surface area contributed by atoms with Gasteiger partial charge in [-0.05, 0) is 30.5 Å². The van der Waals surface area contributed by atoms with E-state index in [0.717, 1.165) is 15.3 Å². The molecule has 0 fully saturated rings. The first kappa shape index (κ1) is 14.2. The van der Waals surface area contributed by atoms with Crippen LogP contribution in [0.3, 0.4) is 0 Å². The summed E-state index contributed by atoms with van der Waals surface area (Å²) in [5.74, 6) is 0. The van der Waals surface area contributed by atoms with Crippen LogP contribution in [0.15, 0.2) is 58.2 Å². The van der Waals surface area contributed by atoms with E-state index in [4.69, 9.17) is 0 Å². The minimum Gasteiger partial charge on any atom is -0.387 e. The van der Waals surface area contributed by atoms with E-state index in [1.54, 1.807) is 0 Å². The van der Waals surface area contributed by atoms with Gasteiger partial charge in [-0.3, -0.25) is 0 Å². The second-order valence-corrected chi connectivity index (χ2v) is 6.92. The number of thiophene rings is 1. The van der Waals surface area contributed by atoms with Crippen LogP contribution in [0.4, 0.5) is 0 Å². The summed E-state index contributed by atoms with van der Waals surface area (Å²) in [6, 6.07) is 11.3. The molecule has 0 saturated carbocycles. The predicted molar refractivity (Wildman–Crippen MR) is 80.6 cm³/mol. The van der Waals surface area contributed by atoms with Crippen molar-refractivity contribution in [1.82, 2.24) is 0 Å². The number of aliphatic hydroxyl groups excluding tert-OH is 1. The lowest BCUT2D eigenvalue weighted by molar-refractivity contribution is 0.184. The van der Waals surface area contributed by atoms with Gasteiger partial charge in [0.05, 0.1) is 16.9 Å². The maximum atomic E-state index is 12.3. The lowest BCUT2D eigenvalue weighted by atomic mass is 10.2. The van der Waals surface area contributed by atoms with Crippen molar-refractivity contribution in [2.24, 2.45) is 0 Å². The summed E-state index contributed by atoms with van der Waals surface area (Å²) < 4.78 is 12.3. The molecular weight excluding hydrogens is 276 g/mol. The zero-order valence-corrected chi connectivity index (χ0v) is 12.3. The Hall–Kier alpha value is -1.23. The van der Waals surface area contributed by atoms with Crippen LogP contribution in [0.1, 0.15) is 23.0 Å². The highest BCUT2D eigenvalue weighted by atomic mass is 32.2. The van der Waals surface area contributed by atoms with E-state index in [1.807, 2.05) is 48.7 Å². The molecule has 0 aliphatic heterocycles. The van der Waals surface area contributed by atoms with Gasteiger partial charge >= 0.3 is 0 Å². The van der Waals surface area contributed by atoms with Crippen molar-refractivity contribution < 1.29 is 9.32 Å². The van der Waals surface area contributed by atoms with E-state index in [-0.39, 0.29) is 0 Å². The molecule has 1 heterocycles. The second-order valence-electron chi connectivity index (χ2n) is 4.36. The van der Waals surface area contributed by atoms with E-state index in [2.05, 4.69) is 6.58 Å². The number of hydrogen-bond acceptors (Lipinski definition) is 3. The fourth-order valence-electron chi connectivity index (χ4n) is 1.70. The Kier molecular flexibility index (Phi) is 4.69. The van der Waals surface area contributed by atoms with Gasteiger partial charge in [0.25, 0.3) is 0 Å². The molecule has 2 rings (SSSR count). The summed E-state index contributed by atoms with van der Waals surface area (Å²) in [4.78, 5) is 2.15. The van der Waals surface area contributed by atoms with Crippen molar-refractivity contribution in [3.63, 3.8) is 0 Å². The molecule has 0 aliphatic carbocycles. The van der Waals surface area contributed by atoms with Gasteiger partial charge in [-0.15, -0.1) is 11.3 Å². The predicted octanol–water partition coefficient (Wildman–Crippen LogP) is 3.80. The van der Waals surface area contributed by atoms with Crippen molar-refractivity contribution in [2.45, 2.75) is 24.3 Å². The fraction of sp³-hybridized carbons (Fsp3) is 0.200. The quantitative estimate of drug-likeness (QED) is 0.910. The van der Waals surface area contributed by atoms with E-state index in [9.17, 15) is 9.32 Å². The Labute approximate surface area is 119 Å². The topological polar surface area (TPSA) is 37.3 Å². The van der Waals surface area contributed by atoms with Gasteiger partial charge in [0, 0.05) is 21.1 Å². The Morgan fingerprint density at radius 1 is 1.37 bits per heavy atom. The number of rotatable bonds is 5. The molecule has 19 heavy (non-hydrogen) atoms. The third kappa shape index (κ3) is 3.62. The van der Waals surface area contributed by atoms with Crippen LogP contribution in [-0.2, 0) is 10.8 Å². The lowest BCUT2D eigenvalue weighted by Gasteiger charge is -2.11. The van der Waals surface area contributed by atoms with Crippen molar-refractivity contribution >= 4 is 22.1 Å². The summed E-state index contributed by atoms with van der Waals surface area (Å²) in [5.41, 5.74) is 1.13. The van der Waals surface area contributed by atoms with Crippen molar-refractivity contribution in [2.75, 3.05) is 0 Å². The molecule has 1 aromatic heterocycles. The number of benzene rings is 1. The maximum absolute atomic E-state index is 12.3. The Bertz CT molecular complexity index is 571. The smallest absolute Gasteiger partial charge is 0.0928 e. The number of aryl methyl sites for hydroxylation is 1. The van der Waals surface area contributed by atoms with Crippen molar-refractivity contribution in [3.05, 3.63) is 63.7 Å². The first-order valence-electron chi connectivity index (χ1n) is 5.95. The fourth-order valence-corrected chi connectivity index (χ4v) is 3.44. The van der Waals surface area contributed by atoms with E-state index in [0.29, 0.717) is 11.3 Å². The highest BCUT2D eigenvalue weighted by molar-refractivity contribution is 7.89. The molecule has 0 aliphatic rings. The monoisotopic (exact) mass is 292 g/mol. The van der Waals surface area contributed by atoms with Crippen LogP contribution in [0.5, 0.6) is 0 Å². The Morgan fingerprint density at radius 3 is 2.63 bits per heavy atom. The largest absolute Gasteiger partial charge is 0.387 e. The molecule has 2 nitrogen and oxygen atoms in total. The van der Waals surface area contributed by atoms with Crippen molar-refractivity contribution in [3.8, 4) is 0 Å². The van der Waals surface area contributed by atoms with E-state index >= 15 is 0 Å². The molecule has 0 saturated heterocycles. The molecule has 0 bridgehead atoms. The molecule has 1 unspecified atom stereocenters. The van der Waals surface area contributed by atoms with Gasteiger partial charge in [-0.2, -0.15) is 0 Å². The minimum absolute atomic E-state index is 0.320. The average Bonchev–Trinajstić information content (AvgIpc) is 2.92. The first-order valence-corrected chi connectivity index (χ1v) is 7.98. The maximum Gasteiger partial charge on any atom is 0.0928 e. The number of hydrogen-bond donors (Lipinski definition) is 1. The molecule has 4 heteroatoms. The van der Waals surface area contributed by atoms with Gasteiger partial charge in [0.2, 0.25) is 0 Å². The normalized spacial score (nSPS) is 14.0. The SMILES string of the molecule is C=C(C[C@@H](O)c1cccs1)S(=O)c1ccc(C)cc1. The summed E-state index contributed by atoms with van der Waals surface area (Å²) in [6.07, 6.45) is -0.303. The standard InChI is InChI=1S/C15H16O2S2/c1-11-5-7-13(8-6-11)19(17)12(2)10-14(16)15-4-3-9-18-15/h3-9,14,16H,2,10H2,1H3/t14-,19?/m1/s1. The van der Waals surface area contributed by atoms with Gasteiger partial charge in [0.1, 0.15) is 0 Å². The highest BCUT2D eigenvalue weighted by Crippen LogP contribution is 2.27. The van der Waals surface area contributed by atoms with Gasteiger partial charge in [0.15, 0.2) is 0 Å². The lowest BCUT2D eigenvalue weighted by Crippen LogP contribution is -2.01. The van der Waals surface area contributed by atoms with Crippen LogP contribution in [0, 0.1) is 6.92 Å². The van der Waals surface area contributed by atoms with Gasteiger partial charge in [-0.25, -0.2) is 4.21 Å². The van der Waals surface area contributed by atoms with Crippen LogP contribution in [0.25, 0.3) is 0 Å². The summed E-state index contributed by atoms with van der Waals surface area (Å²) in [6.45, 7) is 5.84. The molecule has 100 valence electrons. The first-order chi connectivity index (χ1) is 9.08.